The third kappa shape index (κ3) is 4.46. The molecule has 1 heterocycles. The summed E-state index contributed by atoms with van der Waals surface area (Å²) in [5.74, 6) is -2.20. The van der Waals surface area contributed by atoms with Crippen LogP contribution in [0.2, 0.25) is 5.02 Å². The Bertz CT molecular complexity index is 1040. The Balaban J connectivity index is 1.90. The van der Waals surface area contributed by atoms with Crippen molar-refractivity contribution in [1.82, 2.24) is 10.1 Å². The van der Waals surface area contributed by atoms with Crippen molar-refractivity contribution < 1.29 is 22.3 Å². The van der Waals surface area contributed by atoms with Crippen LogP contribution in [0, 0.1) is 5.82 Å². The van der Waals surface area contributed by atoms with E-state index in [2.05, 4.69) is 19.8 Å². The van der Waals surface area contributed by atoms with Crippen molar-refractivity contribution in [2.24, 2.45) is 0 Å². The third-order valence-electron chi connectivity index (χ3n) is 3.50. The van der Waals surface area contributed by atoms with Gasteiger partial charge in [-0.05, 0) is 41.9 Å². The number of rotatable bonds is 5. The second kappa shape index (κ2) is 7.19. The van der Waals surface area contributed by atoms with Crippen LogP contribution in [0.5, 0.6) is 0 Å². The molecule has 0 aliphatic carbocycles. The number of alkyl halides is 3. The largest absolute Gasteiger partial charge is 0.400 e. The van der Waals surface area contributed by atoms with E-state index in [1.165, 1.54) is 18.8 Å². The monoisotopic (exact) mass is 435 g/mol. The van der Waals surface area contributed by atoms with Crippen molar-refractivity contribution in [3.63, 3.8) is 0 Å². The SMILES string of the molecule is CP(=O)(Nc1cccc(Cl)c1)c1ccc(-c2noc(C(F)(F)Cl)n2)cc1F. The van der Waals surface area contributed by atoms with Crippen LogP contribution in [0.3, 0.4) is 0 Å². The fourth-order valence-electron chi connectivity index (χ4n) is 2.31. The Hall–Kier alpha value is -2.02. The number of nitrogens with zero attached hydrogens (tertiary/aromatic N) is 2. The average molecular weight is 436 g/mol. The van der Waals surface area contributed by atoms with Crippen LogP contribution in [-0.4, -0.2) is 16.8 Å². The van der Waals surface area contributed by atoms with Gasteiger partial charge in [0.25, 0.3) is 0 Å². The third-order valence-corrected chi connectivity index (χ3v) is 5.86. The summed E-state index contributed by atoms with van der Waals surface area (Å²) >= 11 is 10.7. The smallest absolute Gasteiger partial charge is 0.333 e. The van der Waals surface area contributed by atoms with Crippen LogP contribution in [0.25, 0.3) is 11.4 Å². The summed E-state index contributed by atoms with van der Waals surface area (Å²) in [6.45, 7) is 1.35. The van der Waals surface area contributed by atoms with Gasteiger partial charge in [-0.2, -0.15) is 13.8 Å². The normalized spacial score (nSPS) is 14.0. The first-order valence-corrected chi connectivity index (χ1v) is 10.3. The minimum absolute atomic E-state index is 0.0647. The molecule has 5 nitrogen and oxygen atoms in total. The van der Waals surface area contributed by atoms with Gasteiger partial charge in [-0.25, -0.2) is 4.39 Å². The second-order valence-electron chi connectivity index (χ2n) is 5.63. The number of anilines is 1. The van der Waals surface area contributed by atoms with Crippen molar-refractivity contribution in [3.8, 4) is 11.4 Å². The first-order chi connectivity index (χ1) is 12.6. The van der Waals surface area contributed by atoms with Gasteiger partial charge in [-0.15, -0.1) is 0 Å². The number of hydrogen-bond donors (Lipinski definition) is 1. The molecule has 0 saturated heterocycles. The van der Waals surface area contributed by atoms with Gasteiger partial charge in [0.15, 0.2) is 7.29 Å². The van der Waals surface area contributed by atoms with Crippen LogP contribution in [0.1, 0.15) is 5.89 Å². The minimum Gasteiger partial charge on any atom is -0.333 e. The zero-order chi connectivity index (χ0) is 19.8. The summed E-state index contributed by atoms with van der Waals surface area (Å²) in [6.07, 6.45) is 0. The molecule has 1 atom stereocenters. The second-order valence-corrected chi connectivity index (χ2v) is 9.10. The molecule has 2 aromatic carbocycles. The highest BCUT2D eigenvalue weighted by atomic mass is 35.5. The molecule has 0 saturated carbocycles. The van der Waals surface area contributed by atoms with Crippen LogP contribution in [0.15, 0.2) is 47.0 Å². The Kier molecular flexibility index (Phi) is 5.25. The number of hydrogen-bond acceptors (Lipinski definition) is 4. The minimum atomic E-state index is -3.83. The zero-order valence-corrected chi connectivity index (χ0v) is 16.0. The molecule has 11 heteroatoms. The highest BCUT2D eigenvalue weighted by Crippen LogP contribution is 2.42. The van der Waals surface area contributed by atoms with Gasteiger partial charge >= 0.3 is 11.3 Å². The summed E-state index contributed by atoms with van der Waals surface area (Å²) in [5, 5.41) is 2.63. The molecular weight excluding hydrogens is 425 g/mol. The highest BCUT2D eigenvalue weighted by Gasteiger charge is 2.36. The Morgan fingerprint density at radius 1 is 1.22 bits per heavy atom. The summed E-state index contributed by atoms with van der Waals surface area (Å²) in [4.78, 5) is 3.44. The van der Waals surface area contributed by atoms with Crippen LogP contribution >= 0.6 is 30.5 Å². The standard InChI is InChI=1S/C16H11Cl2F3N3O2P/c1-27(25,24-11-4-2-3-10(17)8-11)13-6-5-9(7-12(13)19)14-22-15(26-23-14)16(18,20)21/h2-8H,1H3,(H,24,25). The molecule has 3 rings (SSSR count). The van der Waals surface area contributed by atoms with E-state index < -0.39 is 24.4 Å². The number of halogens is 5. The van der Waals surface area contributed by atoms with Gasteiger partial charge in [-0.1, -0.05) is 28.9 Å². The van der Waals surface area contributed by atoms with E-state index in [-0.39, 0.29) is 16.7 Å². The molecule has 0 spiro atoms. The predicted octanol–water partition coefficient (Wildman–Crippen LogP) is 5.46. The fourth-order valence-corrected chi connectivity index (χ4v) is 4.16. The Morgan fingerprint density at radius 3 is 2.56 bits per heavy atom. The molecule has 1 N–H and O–H groups in total. The summed E-state index contributed by atoms with van der Waals surface area (Å²) in [5.41, 5.74) is 0.527. The molecule has 0 aliphatic heterocycles. The lowest BCUT2D eigenvalue weighted by atomic mass is 10.2. The predicted molar refractivity (Wildman–Crippen MR) is 97.7 cm³/mol. The lowest BCUT2D eigenvalue weighted by molar-refractivity contribution is 0.0551. The van der Waals surface area contributed by atoms with E-state index in [1.807, 2.05) is 0 Å². The van der Waals surface area contributed by atoms with Gasteiger partial charge in [0, 0.05) is 22.9 Å². The molecular formula is C16H11Cl2F3N3O2P. The maximum Gasteiger partial charge on any atom is 0.400 e. The maximum absolute atomic E-state index is 14.6. The van der Waals surface area contributed by atoms with Crippen molar-refractivity contribution >= 4 is 41.5 Å². The molecule has 27 heavy (non-hydrogen) atoms. The zero-order valence-electron chi connectivity index (χ0n) is 13.6. The van der Waals surface area contributed by atoms with E-state index >= 15 is 0 Å². The summed E-state index contributed by atoms with van der Waals surface area (Å²) in [6, 6.07) is 10.1. The molecule has 0 fully saturated rings. The van der Waals surface area contributed by atoms with Gasteiger partial charge in [0.2, 0.25) is 5.82 Å². The topological polar surface area (TPSA) is 68.0 Å². The molecule has 1 aromatic heterocycles. The van der Waals surface area contributed by atoms with Gasteiger partial charge in [-0.3, -0.25) is 4.57 Å². The molecule has 0 bridgehead atoms. The summed E-state index contributed by atoms with van der Waals surface area (Å²) < 4.78 is 57.8. The molecule has 0 radical (unpaired) electrons. The van der Waals surface area contributed by atoms with Gasteiger partial charge in [0.05, 0.1) is 5.30 Å². The quantitative estimate of drug-likeness (QED) is 0.425. The van der Waals surface area contributed by atoms with E-state index in [4.69, 9.17) is 23.2 Å². The van der Waals surface area contributed by atoms with E-state index in [9.17, 15) is 17.7 Å². The maximum atomic E-state index is 14.6. The molecule has 0 aliphatic rings. The van der Waals surface area contributed by atoms with Gasteiger partial charge in [0.1, 0.15) is 5.82 Å². The van der Waals surface area contributed by atoms with Gasteiger partial charge < -0.3 is 9.61 Å². The fraction of sp³-hybridized carbons (Fsp3) is 0.125. The first kappa shape index (κ1) is 19.7. The lowest BCUT2D eigenvalue weighted by Crippen LogP contribution is -2.15. The van der Waals surface area contributed by atoms with Crippen LogP contribution in [0.4, 0.5) is 18.9 Å². The number of aromatic nitrogens is 2. The van der Waals surface area contributed by atoms with Crippen molar-refractivity contribution in [2.45, 2.75) is 5.38 Å². The Morgan fingerprint density at radius 2 is 1.96 bits per heavy atom. The van der Waals surface area contributed by atoms with Crippen molar-refractivity contribution in [3.05, 3.63) is 59.2 Å². The number of nitrogens with one attached hydrogen (secondary N) is 1. The summed E-state index contributed by atoms with van der Waals surface area (Å²) in [7, 11) is -3.35. The molecule has 0 amide bonds. The molecule has 1 unspecified atom stereocenters. The van der Waals surface area contributed by atoms with Crippen molar-refractivity contribution in [2.75, 3.05) is 11.8 Å². The molecule has 3 aromatic rings. The highest BCUT2D eigenvalue weighted by molar-refractivity contribution is 7.72. The number of benzene rings is 2. The van der Waals surface area contributed by atoms with E-state index in [1.54, 1.807) is 24.3 Å². The lowest BCUT2D eigenvalue weighted by Gasteiger charge is -2.17. The van der Waals surface area contributed by atoms with Crippen molar-refractivity contribution in [1.29, 1.82) is 0 Å². The molecule has 142 valence electrons. The van der Waals surface area contributed by atoms with Crippen LogP contribution in [-0.2, 0) is 9.95 Å². The van der Waals surface area contributed by atoms with Crippen LogP contribution < -0.4 is 10.4 Å². The van der Waals surface area contributed by atoms with E-state index in [0.717, 1.165) is 6.07 Å². The Labute approximate surface area is 161 Å². The average Bonchev–Trinajstić information content (AvgIpc) is 3.04. The first-order valence-electron chi connectivity index (χ1n) is 7.39. The van der Waals surface area contributed by atoms with E-state index in [0.29, 0.717) is 10.7 Å².